The number of amides is 1. The van der Waals surface area contributed by atoms with Crippen molar-refractivity contribution < 1.29 is 14.5 Å². The second-order valence-electron chi connectivity index (χ2n) is 4.92. The zero-order valence-corrected chi connectivity index (χ0v) is 13.5. The average molecular weight is 350 g/mol. The van der Waals surface area contributed by atoms with Crippen molar-refractivity contribution in [3.05, 3.63) is 75.8 Å². The van der Waals surface area contributed by atoms with Crippen molar-refractivity contribution in [1.82, 2.24) is 5.43 Å². The van der Waals surface area contributed by atoms with Gasteiger partial charge in [-0.15, -0.1) is 0 Å². The number of ether oxygens (including phenoxy) is 1. The fraction of sp³-hybridized carbons (Fsp3) is 0.0556. The number of nitrogens with zero attached hydrogens (tertiary/aromatic N) is 3. The number of rotatable bonds is 7. The minimum absolute atomic E-state index is 0.00723. The third kappa shape index (κ3) is 5.58. The Hall–Kier alpha value is -3.99. The lowest BCUT2D eigenvalue weighted by atomic mass is 10.2. The lowest BCUT2D eigenvalue weighted by Gasteiger charge is -2.05. The molecule has 130 valence electrons. The largest absolute Gasteiger partial charge is 0.482 e. The van der Waals surface area contributed by atoms with E-state index in [4.69, 9.17) is 10.00 Å². The molecule has 0 radical (unpaired) electrons. The highest BCUT2D eigenvalue weighted by Crippen LogP contribution is 2.16. The van der Waals surface area contributed by atoms with Crippen LogP contribution in [-0.4, -0.2) is 23.7 Å². The van der Waals surface area contributed by atoms with Crippen LogP contribution in [0.3, 0.4) is 0 Å². The Bertz CT molecular complexity index is 900. The molecule has 26 heavy (non-hydrogen) atoms. The van der Waals surface area contributed by atoms with E-state index in [1.54, 1.807) is 42.5 Å². The maximum absolute atomic E-state index is 11.6. The predicted octanol–water partition coefficient (Wildman–Crippen LogP) is 2.66. The smallest absolute Gasteiger partial charge is 0.277 e. The number of benzene rings is 2. The van der Waals surface area contributed by atoms with Gasteiger partial charge in [0.25, 0.3) is 11.6 Å². The number of hydrogen-bond donors (Lipinski definition) is 1. The van der Waals surface area contributed by atoms with Crippen LogP contribution >= 0.6 is 0 Å². The van der Waals surface area contributed by atoms with Gasteiger partial charge in [0, 0.05) is 18.3 Å². The summed E-state index contributed by atoms with van der Waals surface area (Å²) in [6, 6.07) is 14.6. The normalized spacial score (nSPS) is 10.6. The maximum atomic E-state index is 11.6. The molecule has 0 atom stereocenters. The first-order valence-corrected chi connectivity index (χ1v) is 7.45. The van der Waals surface area contributed by atoms with E-state index in [0.29, 0.717) is 16.9 Å². The Morgan fingerprint density at radius 1 is 1.31 bits per heavy atom. The monoisotopic (exact) mass is 350 g/mol. The zero-order chi connectivity index (χ0) is 18.8. The molecule has 0 saturated heterocycles. The molecule has 0 heterocycles. The van der Waals surface area contributed by atoms with Crippen LogP contribution in [0, 0.1) is 21.4 Å². The van der Waals surface area contributed by atoms with Crippen LogP contribution in [0.25, 0.3) is 6.08 Å². The molecule has 8 nitrogen and oxygen atoms in total. The van der Waals surface area contributed by atoms with Crippen LogP contribution in [-0.2, 0) is 4.79 Å². The van der Waals surface area contributed by atoms with Gasteiger partial charge in [0.15, 0.2) is 6.61 Å². The van der Waals surface area contributed by atoms with E-state index in [9.17, 15) is 14.9 Å². The molecule has 0 aliphatic rings. The molecule has 0 fully saturated rings. The zero-order valence-electron chi connectivity index (χ0n) is 13.5. The van der Waals surface area contributed by atoms with Gasteiger partial charge in [0.1, 0.15) is 11.8 Å². The highest BCUT2D eigenvalue weighted by Gasteiger charge is 2.05. The number of carbonyl (C=O) groups is 1. The van der Waals surface area contributed by atoms with Gasteiger partial charge in [-0.05, 0) is 23.8 Å². The molecule has 0 aliphatic heterocycles. The van der Waals surface area contributed by atoms with Gasteiger partial charge in [-0.1, -0.05) is 30.3 Å². The molecule has 1 amide bonds. The third-order valence-corrected chi connectivity index (χ3v) is 3.09. The van der Waals surface area contributed by atoms with Crippen molar-refractivity contribution in [1.29, 1.82) is 5.26 Å². The van der Waals surface area contributed by atoms with Crippen LogP contribution in [0.5, 0.6) is 5.75 Å². The Morgan fingerprint density at radius 3 is 2.88 bits per heavy atom. The predicted molar refractivity (Wildman–Crippen MR) is 95.4 cm³/mol. The quantitative estimate of drug-likeness (QED) is 0.468. The summed E-state index contributed by atoms with van der Waals surface area (Å²) in [6.07, 6.45) is 4.48. The van der Waals surface area contributed by atoms with Crippen molar-refractivity contribution in [2.24, 2.45) is 5.10 Å². The number of non-ortho nitro benzene ring substituents is 1. The summed E-state index contributed by atoms with van der Waals surface area (Å²) in [5, 5.41) is 23.3. The number of nitro benzene ring substituents is 1. The lowest BCUT2D eigenvalue weighted by Crippen LogP contribution is -2.24. The first kappa shape index (κ1) is 18.4. The summed E-state index contributed by atoms with van der Waals surface area (Å²) in [6.45, 7) is -0.287. The number of allylic oxidation sites excluding steroid dienone is 1. The molecule has 0 unspecified atom stereocenters. The summed E-state index contributed by atoms with van der Waals surface area (Å²) in [4.78, 5) is 21.8. The molecule has 0 bridgehead atoms. The van der Waals surface area contributed by atoms with Crippen LogP contribution < -0.4 is 10.2 Å². The number of hydrazone groups is 1. The summed E-state index contributed by atoms with van der Waals surface area (Å²) in [5.74, 6) is -0.169. The molecule has 2 aromatic rings. The lowest BCUT2D eigenvalue weighted by molar-refractivity contribution is -0.384. The standard InChI is InChI=1S/C18H14N4O4/c19-12-15-7-1-2-9-17(15)26-13-18(23)21-20-10-4-6-14-5-3-8-16(11-14)22(24)25/h1-11H,13H2,(H,21,23)/b6-4+,20-10-. The van der Waals surface area contributed by atoms with Gasteiger partial charge in [-0.3, -0.25) is 14.9 Å². The Labute approximate surface area is 149 Å². The van der Waals surface area contributed by atoms with E-state index >= 15 is 0 Å². The van der Waals surface area contributed by atoms with Gasteiger partial charge >= 0.3 is 0 Å². The fourth-order valence-electron chi connectivity index (χ4n) is 1.91. The first-order valence-electron chi connectivity index (χ1n) is 7.45. The van der Waals surface area contributed by atoms with E-state index in [0.717, 1.165) is 0 Å². The molecule has 2 rings (SSSR count). The highest BCUT2D eigenvalue weighted by molar-refractivity contribution is 5.82. The summed E-state index contributed by atoms with van der Waals surface area (Å²) in [5.41, 5.74) is 3.23. The first-order chi connectivity index (χ1) is 12.6. The third-order valence-electron chi connectivity index (χ3n) is 3.09. The van der Waals surface area contributed by atoms with E-state index in [1.165, 1.54) is 24.4 Å². The molecular weight excluding hydrogens is 336 g/mol. The summed E-state index contributed by atoms with van der Waals surface area (Å²) < 4.78 is 5.26. The molecule has 0 spiro atoms. The molecule has 2 aromatic carbocycles. The molecule has 0 saturated carbocycles. The number of nitriles is 1. The molecule has 8 heteroatoms. The molecule has 0 aromatic heterocycles. The van der Waals surface area contributed by atoms with Crippen LogP contribution in [0.1, 0.15) is 11.1 Å². The van der Waals surface area contributed by atoms with E-state index in [1.807, 2.05) is 6.07 Å². The minimum atomic E-state index is -0.488. The van der Waals surface area contributed by atoms with Crippen LogP contribution in [0.15, 0.2) is 59.7 Å². The number of nitrogens with one attached hydrogen (secondary N) is 1. The summed E-state index contributed by atoms with van der Waals surface area (Å²) >= 11 is 0. The second kappa shape index (κ2) is 9.34. The van der Waals surface area contributed by atoms with Gasteiger partial charge in [0.05, 0.1) is 10.5 Å². The second-order valence-corrected chi connectivity index (χ2v) is 4.92. The number of carbonyl (C=O) groups excluding carboxylic acids is 1. The van der Waals surface area contributed by atoms with E-state index < -0.39 is 10.8 Å². The Kier molecular flexibility index (Phi) is 6.59. The van der Waals surface area contributed by atoms with Gasteiger partial charge in [-0.25, -0.2) is 5.43 Å². The SMILES string of the molecule is N#Cc1ccccc1OCC(=O)N/N=C\C=C\c1cccc([N+](=O)[O-])c1. The van der Waals surface area contributed by atoms with Crippen LogP contribution in [0.4, 0.5) is 5.69 Å². The van der Waals surface area contributed by atoms with Gasteiger partial charge in [-0.2, -0.15) is 10.4 Å². The molecule has 1 N–H and O–H groups in total. The Morgan fingerprint density at radius 2 is 2.12 bits per heavy atom. The van der Waals surface area contributed by atoms with Crippen molar-refractivity contribution >= 4 is 23.9 Å². The van der Waals surface area contributed by atoms with Crippen molar-refractivity contribution in [2.45, 2.75) is 0 Å². The van der Waals surface area contributed by atoms with Crippen molar-refractivity contribution in [3.63, 3.8) is 0 Å². The number of para-hydroxylation sites is 1. The van der Waals surface area contributed by atoms with E-state index in [-0.39, 0.29) is 12.3 Å². The maximum Gasteiger partial charge on any atom is 0.277 e. The summed E-state index contributed by atoms with van der Waals surface area (Å²) in [7, 11) is 0. The number of nitro groups is 1. The van der Waals surface area contributed by atoms with Crippen molar-refractivity contribution in [3.8, 4) is 11.8 Å². The van der Waals surface area contributed by atoms with Crippen LogP contribution in [0.2, 0.25) is 0 Å². The minimum Gasteiger partial charge on any atom is -0.482 e. The fourth-order valence-corrected chi connectivity index (χ4v) is 1.91. The molecular formula is C18H14N4O4. The average Bonchev–Trinajstić information content (AvgIpc) is 2.66. The molecule has 0 aliphatic carbocycles. The van der Waals surface area contributed by atoms with Gasteiger partial charge in [0.2, 0.25) is 0 Å². The highest BCUT2D eigenvalue weighted by atomic mass is 16.6. The van der Waals surface area contributed by atoms with Gasteiger partial charge < -0.3 is 4.74 Å². The number of hydrogen-bond acceptors (Lipinski definition) is 6. The van der Waals surface area contributed by atoms with Crippen molar-refractivity contribution in [2.75, 3.05) is 6.61 Å². The Balaban J connectivity index is 1.81. The topological polar surface area (TPSA) is 118 Å². The van der Waals surface area contributed by atoms with E-state index in [2.05, 4.69) is 10.5 Å².